The number of carbonyl (C=O) groups excluding carboxylic acids is 2. The molecule has 0 aliphatic heterocycles. The monoisotopic (exact) mass is 520 g/mol. The highest BCUT2D eigenvalue weighted by Gasteiger charge is 2.17. The number of amides is 2. The van der Waals surface area contributed by atoms with Gasteiger partial charge in [-0.25, -0.2) is 14.6 Å². The van der Waals surface area contributed by atoms with Gasteiger partial charge in [0.15, 0.2) is 0 Å². The molecule has 0 aliphatic carbocycles. The molecule has 192 valence electrons. The van der Waals surface area contributed by atoms with Crippen LogP contribution in [0.3, 0.4) is 0 Å². The van der Waals surface area contributed by atoms with Gasteiger partial charge in [-0.1, -0.05) is 24.3 Å². The molecule has 0 saturated heterocycles. The molecule has 5 aromatic rings. The highest BCUT2D eigenvalue weighted by molar-refractivity contribution is 6.11. The van der Waals surface area contributed by atoms with E-state index in [0.717, 1.165) is 11.1 Å². The van der Waals surface area contributed by atoms with Crippen LogP contribution in [0.4, 0.5) is 11.4 Å². The van der Waals surface area contributed by atoms with Gasteiger partial charge in [0.05, 0.1) is 33.3 Å². The Bertz CT molecular complexity index is 1760. The number of carboxylic acids is 2. The summed E-state index contributed by atoms with van der Waals surface area (Å²) >= 11 is 0. The Morgan fingerprint density at radius 1 is 0.615 bits per heavy atom. The Morgan fingerprint density at radius 2 is 1.10 bits per heavy atom. The second-order valence-electron chi connectivity index (χ2n) is 8.50. The first kappa shape index (κ1) is 24.9. The quantitative estimate of drug-likeness (QED) is 0.199. The fourth-order valence-corrected chi connectivity index (χ4v) is 4.06. The predicted octanol–water partition coefficient (Wildman–Crippen LogP) is 5.13. The molecule has 4 aromatic carbocycles. The van der Waals surface area contributed by atoms with Crippen molar-refractivity contribution in [3.8, 4) is 11.4 Å². The molecule has 0 radical (unpaired) electrons. The van der Waals surface area contributed by atoms with E-state index in [4.69, 9.17) is 0 Å². The maximum Gasteiger partial charge on any atom is 0.336 e. The zero-order chi connectivity index (χ0) is 27.5. The molecule has 5 N–H and O–H groups in total. The van der Waals surface area contributed by atoms with Crippen molar-refractivity contribution < 1.29 is 29.4 Å². The Labute approximate surface area is 221 Å². The maximum absolute atomic E-state index is 12.7. The first-order valence-corrected chi connectivity index (χ1v) is 11.7. The topological polar surface area (TPSA) is 161 Å². The Hall–Kier alpha value is -5.77. The summed E-state index contributed by atoms with van der Waals surface area (Å²) in [6, 6.07) is 23.9. The van der Waals surface area contributed by atoms with Gasteiger partial charge in [0.1, 0.15) is 5.82 Å². The smallest absolute Gasteiger partial charge is 0.336 e. The average molecular weight is 521 g/mol. The van der Waals surface area contributed by atoms with Crippen LogP contribution in [-0.2, 0) is 0 Å². The highest BCUT2D eigenvalue weighted by Crippen LogP contribution is 2.25. The van der Waals surface area contributed by atoms with Crippen molar-refractivity contribution in [3.63, 3.8) is 0 Å². The number of anilines is 2. The molecule has 0 unspecified atom stereocenters. The SMILES string of the molecule is O=C(O)c1ccccc1C(=O)Nc1ccc(-c2nc3cc(NC(=O)c4ccccc4C(=O)O)ccc3[nH]2)cc1. The van der Waals surface area contributed by atoms with Gasteiger partial charge in [-0.05, 0) is 66.7 Å². The first-order valence-electron chi connectivity index (χ1n) is 11.7. The molecule has 0 atom stereocenters. The molecule has 0 saturated carbocycles. The third-order valence-corrected chi connectivity index (χ3v) is 5.96. The summed E-state index contributed by atoms with van der Waals surface area (Å²) in [7, 11) is 0. The van der Waals surface area contributed by atoms with Gasteiger partial charge >= 0.3 is 11.9 Å². The number of aromatic amines is 1. The molecule has 10 heteroatoms. The lowest BCUT2D eigenvalue weighted by atomic mass is 10.1. The van der Waals surface area contributed by atoms with Crippen LogP contribution in [0, 0.1) is 0 Å². The van der Waals surface area contributed by atoms with E-state index in [9.17, 15) is 29.4 Å². The number of hydrogen-bond donors (Lipinski definition) is 5. The molecule has 0 bridgehead atoms. The van der Waals surface area contributed by atoms with Crippen molar-refractivity contribution in [2.75, 3.05) is 10.6 Å². The number of aromatic nitrogens is 2. The van der Waals surface area contributed by atoms with Gasteiger partial charge in [0.25, 0.3) is 11.8 Å². The van der Waals surface area contributed by atoms with Crippen LogP contribution >= 0.6 is 0 Å². The minimum atomic E-state index is -1.19. The second kappa shape index (κ2) is 10.3. The first-order chi connectivity index (χ1) is 18.8. The van der Waals surface area contributed by atoms with Crippen molar-refractivity contribution >= 4 is 46.2 Å². The van der Waals surface area contributed by atoms with Gasteiger partial charge in [-0.15, -0.1) is 0 Å². The number of rotatable bonds is 7. The third kappa shape index (κ3) is 5.20. The summed E-state index contributed by atoms with van der Waals surface area (Å²) in [5.41, 5.74) is 2.88. The van der Waals surface area contributed by atoms with E-state index in [2.05, 4.69) is 20.6 Å². The summed E-state index contributed by atoms with van der Waals surface area (Å²) in [5, 5.41) is 24.1. The van der Waals surface area contributed by atoms with Crippen molar-refractivity contribution in [1.82, 2.24) is 9.97 Å². The van der Waals surface area contributed by atoms with Crippen LogP contribution in [-0.4, -0.2) is 43.9 Å². The number of nitrogens with zero attached hydrogens (tertiary/aromatic N) is 1. The third-order valence-electron chi connectivity index (χ3n) is 5.96. The van der Waals surface area contributed by atoms with Crippen molar-refractivity contribution in [2.24, 2.45) is 0 Å². The number of fused-ring (bicyclic) bond motifs is 1. The van der Waals surface area contributed by atoms with Gasteiger partial charge in [-0.2, -0.15) is 0 Å². The van der Waals surface area contributed by atoms with Crippen LogP contribution in [0.1, 0.15) is 41.4 Å². The van der Waals surface area contributed by atoms with Gasteiger partial charge < -0.3 is 25.8 Å². The minimum absolute atomic E-state index is 0.0476. The molecule has 39 heavy (non-hydrogen) atoms. The lowest BCUT2D eigenvalue weighted by Gasteiger charge is -2.08. The van der Waals surface area contributed by atoms with E-state index in [1.165, 1.54) is 24.3 Å². The fourth-order valence-electron chi connectivity index (χ4n) is 4.06. The van der Waals surface area contributed by atoms with Crippen LogP contribution in [0.2, 0.25) is 0 Å². The number of benzene rings is 4. The van der Waals surface area contributed by atoms with Crippen molar-refractivity contribution in [1.29, 1.82) is 0 Å². The lowest BCUT2D eigenvalue weighted by Crippen LogP contribution is -2.16. The number of imidazole rings is 1. The van der Waals surface area contributed by atoms with Crippen molar-refractivity contribution in [2.45, 2.75) is 0 Å². The Kier molecular flexibility index (Phi) is 6.58. The highest BCUT2D eigenvalue weighted by atomic mass is 16.4. The van der Waals surface area contributed by atoms with E-state index in [-0.39, 0.29) is 22.3 Å². The van der Waals surface area contributed by atoms with Crippen LogP contribution in [0.5, 0.6) is 0 Å². The van der Waals surface area contributed by atoms with E-state index in [0.29, 0.717) is 22.7 Å². The van der Waals surface area contributed by atoms with Crippen LogP contribution < -0.4 is 10.6 Å². The lowest BCUT2D eigenvalue weighted by molar-refractivity contribution is 0.0683. The van der Waals surface area contributed by atoms with E-state index in [1.54, 1.807) is 66.7 Å². The largest absolute Gasteiger partial charge is 0.478 e. The second-order valence-corrected chi connectivity index (χ2v) is 8.50. The summed E-state index contributed by atoms with van der Waals surface area (Å²) in [5.74, 6) is -2.91. The van der Waals surface area contributed by atoms with Gasteiger partial charge in [0.2, 0.25) is 0 Å². The number of H-pyrrole nitrogens is 1. The predicted molar refractivity (Wildman–Crippen MR) is 144 cm³/mol. The Balaban J connectivity index is 1.32. The molecule has 0 aliphatic rings. The van der Waals surface area contributed by atoms with E-state index in [1.807, 2.05) is 0 Å². The average Bonchev–Trinajstić information content (AvgIpc) is 3.37. The minimum Gasteiger partial charge on any atom is -0.478 e. The molecule has 0 fully saturated rings. The molecular formula is C29H20N4O6. The van der Waals surface area contributed by atoms with E-state index >= 15 is 0 Å². The normalized spacial score (nSPS) is 10.7. The molecular weight excluding hydrogens is 500 g/mol. The van der Waals surface area contributed by atoms with Gasteiger partial charge in [0, 0.05) is 16.9 Å². The van der Waals surface area contributed by atoms with Crippen molar-refractivity contribution in [3.05, 3.63) is 113 Å². The van der Waals surface area contributed by atoms with E-state index < -0.39 is 23.8 Å². The summed E-state index contributed by atoms with van der Waals surface area (Å²) in [4.78, 5) is 55.9. The standard InChI is InChI=1S/C29H20N4O6/c34-26(19-5-1-3-7-21(19)28(36)37)30-17-11-9-16(10-12-17)25-32-23-14-13-18(15-24(23)33-25)31-27(35)20-6-2-4-8-22(20)29(38)39/h1-15H,(H,30,34)(H,31,35)(H,32,33)(H,36,37)(H,38,39). The molecule has 0 spiro atoms. The number of carboxylic acid groups (broad SMARTS) is 2. The zero-order valence-electron chi connectivity index (χ0n) is 20.1. The molecule has 10 nitrogen and oxygen atoms in total. The zero-order valence-corrected chi connectivity index (χ0v) is 20.1. The molecule has 1 heterocycles. The number of aromatic carboxylic acids is 2. The van der Waals surface area contributed by atoms with Crippen LogP contribution in [0.25, 0.3) is 22.4 Å². The van der Waals surface area contributed by atoms with Crippen LogP contribution in [0.15, 0.2) is 91.0 Å². The summed E-state index contributed by atoms with van der Waals surface area (Å²) in [6.45, 7) is 0. The summed E-state index contributed by atoms with van der Waals surface area (Å²) < 4.78 is 0. The molecule has 5 rings (SSSR count). The summed E-state index contributed by atoms with van der Waals surface area (Å²) in [6.07, 6.45) is 0. The number of hydrogen-bond acceptors (Lipinski definition) is 5. The number of nitrogens with one attached hydrogen (secondary N) is 3. The van der Waals surface area contributed by atoms with Gasteiger partial charge in [-0.3, -0.25) is 9.59 Å². The fraction of sp³-hybridized carbons (Fsp3) is 0. The molecule has 2 amide bonds. The maximum atomic E-state index is 12.7. The number of carbonyl (C=O) groups is 4. The Morgan fingerprint density at radius 3 is 1.64 bits per heavy atom. The molecule has 1 aromatic heterocycles.